The fraction of sp³-hybridized carbons (Fsp3) is 0.0182. The van der Waals surface area contributed by atoms with E-state index in [-0.39, 0.29) is 0 Å². The van der Waals surface area contributed by atoms with E-state index in [0.29, 0.717) is 34.4 Å². The summed E-state index contributed by atoms with van der Waals surface area (Å²) in [7, 11) is 0. The SMILES string of the molecule is N=Cc1c(C=[NH2+])nc(-c2ccccc2)n1-c1ccc(C2=NC(c3ccc(-c4cccc5c4sc4ccccc45)cc3)N=C2c2ccc(-n3c(-c4ccccc4)nc(C=[NH2+])c3C=N)cc2)cc1. The lowest BCUT2D eigenvalue weighted by Crippen LogP contribution is -2.30. The van der Waals surface area contributed by atoms with E-state index in [1.54, 1.807) is 0 Å². The van der Waals surface area contributed by atoms with Gasteiger partial charge in [0, 0.05) is 66.2 Å². The van der Waals surface area contributed by atoms with Gasteiger partial charge in [0.25, 0.3) is 0 Å². The van der Waals surface area contributed by atoms with Crippen LogP contribution in [0.1, 0.15) is 45.6 Å². The Balaban J connectivity index is 0.996. The van der Waals surface area contributed by atoms with Crippen LogP contribution in [0.15, 0.2) is 186 Å². The topological polar surface area (TPSA) is 159 Å². The minimum atomic E-state index is -0.487. The number of imidazole rings is 2. The van der Waals surface area contributed by atoms with Gasteiger partial charge in [0.15, 0.2) is 30.0 Å². The molecule has 314 valence electrons. The van der Waals surface area contributed by atoms with Crippen molar-refractivity contribution < 1.29 is 10.8 Å². The molecule has 7 aromatic carbocycles. The highest BCUT2D eigenvalue weighted by Crippen LogP contribution is 2.40. The molecule has 0 bridgehead atoms. The number of hydrogen-bond acceptors (Lipinski definition) is 7. The molecular formula is C55H40N10S+2. The molecule has 0 saturated heterocycles. The summed E-state index contributed by atoms with van der Waals surface area (Å²) in [6, 6.07) is 59.8. The fourth-order valence-corrected chi connectivity index (χ4v) is 10.1. The van der Waals surface area contributed by atoms with Crippen molar-refractivity contribution in [3.05, 3.63) is 215 Å². The summed E-state index contributed by atoms with van der Waals surface area (Å²) in [5.41, 5.74) is 12.2. The maximum Gasteiger partial charge on any atom is 0.188 e. The van der Waals surface area contributed by atoms with Crippen molar-refractivity contribution in [2.24, 2.45) is 9.98 Å². The molecule has 1 aliphatic rings. The Morgan fingerprint density at radius 2 is 0.939 bits per heavy atom. The number of rotatable bonds is 12. The lowest BCUT2D eigenvalue weighted by Gasteiger charge is -2.13. The molecule has 0 spiro atoms. The molecule has 0 saturated carbocycles. The first-order valence-corrected chi connectivity index (χ1v) is 22.2. The number of nitrogens with one attached hydrogen (secondary N) is 2. The normalized spacial score (nSPS) is 13.4. The summed E-state index contributed by atoms with van der Waals surface area (Å²) in [6.45, 7) is 0. The second-order valence-corrected chi connectivity index (χ2v) is 16.8. The van der Waals surface area contributed by atoms with Gasteiger partial charge in [-0.05, 0) is 47.0 Å². The number of nitrogens with two attached hydrogens (primary N) is 2. The molecule has 0 aliphatic carbocycles. The van der Waals surface area contributed by atoms with Gasteiger partial charge in [-0.3, -0.25) is 29.9 Å². The van der Waals surface area contributed by atoms with Crippen molar-refractivity contribution in [2.45, 2.75) is 6.17 Å². The van der Waals surface area contributed by atoms with Gasteiger partial charge in [0.05, 0.1) is 22.8 Å². The zero-order valence-corrected chi connectivity index (χ0v) is 36.2. The average molecular weight is 873 g/mol. The quantitative estimate of drug-likeness (QED) is 0.0906. The second kappa shape index (κ2) is 16.7. The summed E-state index contributed by atoms with van der Waals surface area (Å²) in [4.78, 5) is 20.3. The Bertz CT molecular complexity index is 3420. The zero-order chi connectivity index (χ0) is 44.7. The van der Waals surface area contributed by atoms with E-state index >= 15 is 0 Å². The van der Waals surface area contributed by atoms with E-state index < -0.39 is 6.17 Å². The molecule has 0 amide bonds. The Labute approximate surface area is 383 Å². The maximum absolute atomic E-state index is 8.32. The minimum Gasteiger partial charge on any atom is -0.306 e. The molecule has 66 heavy (non-hydrogen) atoms. The summed E-state index contributed by atoms with van der Waals surface area (Å²) >= 11 is 1.83. The van der Waals surface area contributed by atoms with Crippen LogP contribution >= 0.6 is 11.3 Å². The van der Waals surface area contributed by atoms with E-state index in [4.69, 9.17) is 41.6 Å². The molecule has 11 heteroatoms. The fourth-order valence-electron chi connectivity index (χ4n) is 8.82. The first-order chi connectivity index (χ1) is 32.5. The van der Waals surface area contributed by atoms with Crippen molar-refractivity contribution in [2.75, 3.05) is 0 Å². The molecule has 10 nitrogen and oxygen atoms in total. The number of aliphatic imine (C=N–C) groups is 2. The lowest BCUT2D eigenvalue weighted by atomic mass is 9.99. The third-order valence-corrected chi connectivity index (χ3v) is 13.2. The number of benzene rings is 7. The lowest BCUT2D eigenvalue weighted by molar-refractivity contribution is -0.105. The van der Waals surface area contributed by atoms with Crippen LogP contribution in [-0.2, 0) is 0 Å². The molecule has 3 aromatic heterocycles. The molecule has 6 N–H and O–H groups in total. The third kappa shape index (κ3) is 6.82. The van der Waals surface area contributed by atoms with Crippen molar-refractivity contribution in [1.82, 2.24) is 19.1 Å². The largest absolute Gasteiger partial charge is 0.306 e. The van der Waals surface area contributed by atoms with Crippen LogP contribution in [0, 0.1) is 10.8 Å². The van der Waals surface area contributed by atoms with E-state index in [9.17, 15) is 0 Å². The number of aromatic nitrogens is 4. The van der Waals surface area contributed by atoms with Gasteiger partial charge in [0.1, 0.15) is 11.6 Å². The van der Waals surface area contributed by atoms with Gasteiger partial charge in [-0.2, -0.15) is 0 Å². The van der Waals surface area contributed by atoms with Crippen LogP contribution in [0.3, 0.4) is 0 Å². The predicted octanol–water partition coefficient (Wildman–Crippen LogP) is 8.77. The standard InChI is InChI=1S/C55H38N10S/c56-30-45-47(32-58)64(54(60-45)38-10-3-1-4-11-38)40-26-22-35(23-27-40)50-51(36-24-28-41(29-25-36)65-48(33-59)46(31-57)61-55(65)39-12-5-2-6-13-39)63-53(62-50)37-20-18-34(19-21-37)42-15-9-16-44-43-14-7-8-17-49(43)66-52(42)44/h1-33,53,56-59H/p+2. The Morgan fingerprint density at radius 3 is 1.44 bits per heavy atom. The van der Waals surface area contributed by atoms with Gasteiger partial charge in [-0.15, -0.1) is 11.3 Å². The van der Waals surface area contributed by atoms with E-state index in [2.05, 4.69) is 66.7 Å². The summed E-state index contributed by atoms with van der Waals surface area (Å²) in [5.74, 6) is 1.37. The van der Waals surface area contributed by atoms with Gasteiger partial charge in [-0.1, -0.05) is 146 Å². The van der Waals surface area contributed by atoms with Crippen LogP contribution in [0.4, 0.5) is 0 Å². The van der Waals surface area contributed by atoms with Gasteiger partial charge >= 0.3 is 0 Å². The summed E-state index contributed by atoms with van der Waals surface area (Å²) < 4.78 is 6.45. The van der Waals surface area contributed by atoms with Crippen molar-refractivity contribution >= 4 is 67.8 Å². The molecule has 0 fully saturated rings. The molecule has 10 aromatic rings. The number of fused-ring (bicyclic) bond motifs is 3. The minimum absolute atomic E-state index is 0.487. The maximum atomic E-state index is 8.32. The molecule has 4 heterocycles. The van der Waals surface area contributed by atoms with Gasteiger partial charge < -0.3 is 10.8 Å². The van der Waals surface area contributed by atoms with Gasteiger partial charge in [0.2, 0.25) is 0 Å². The Morgan fingerprint density at radius 1 is 0.470 bits per heavy atom. The second-order valence-electron chi connectivity index (χ2n) is 15.8. The number of hydrogen-bond donors (Lipinski definition) is 4. The highest BCUT2D eigenvalue weighted by Gasteiger charge is 2.27. The van der Waals surface area contributed by atoms with Crippen molar-refractivity contribution in [3.8, 4) is 45.3 Å². The van der Waals surface area contributed by atoms with Crippen molar-refractivity contribution in [3.63, 3.8) is 0 Å². The third-order valence-electron chi connectivity index (χ3n) is 12.0. The number of thiophene rings is 1. The summed E-state index contributed by atoms with van der Waals surface area (Å²) in [6.07, 6.45) is 4.96. The molecule has 11 rings (SSSR count). The zero-order valence-electron chi connectivity index (χ0n) is 35.4. The highest BCUT2D eigenvalue weighted by molar-refractivity contribution is 7.26. The molecule has 0 atom stereocenters. The monoisotopic (exact) mass is 872 g/mol. The van der Waals surface area contributed by atoms with Gasteiger partial charge in [-0.25, -0.2) is 9.97 Å². The van der Waals surface area contributed by atoms with Crippen LogP contribution in [-0.4, -0.2) is 55.4 Å². The van der Waals surface area contributed by atoms with E-state index in [0.717, 1.165) is 56.2 Å². The van der Waals surface area contributed by atoms with Crippen LogP contribution in [0.5, 0.6) is 0 Å². The van der Waals surface area contributed by atoms with Crippen molar-refractivity contribution in [1.29, 1.82) is 10.8 Å². The predicted molar refractivity (Wildman–Crippen MR) is 269 cm³/mol. The number of nitrogens with zero attached hydrogens (tertiary/aromatic N) is 6. The van der Waals surface area contributed by atoms with E-state index in [1.807, 2.05) is 130 Å². The molecular weight excluding hydrogens is 833 g/mol. The first kappa shape index (κ1) is 40.0. The Kier molecular flexibility index (Phi) is 10.1. The first-order valence-electron chi connectivity index (χ1n) is 21.4. The smallest absolute Gasteiger partial charge is 0.188 e. The Hall–Kier alpha value is -8.80. The molecule has 0 radical (unpaired) electrons. The average Bonchev–Trinajstić information content (AvgIpc) is 4.19. The van der Waals surface area contributed by atoms with Crippen LogP contribution in [0.25, 0.3) is 65.4 Å². The van der Waals surface area contributed by atoms with Crippen LogP contribution < -0.4 is 10.8 Å². The molecule has 1 aliphatic heterocycles. The summed E-state index contributed by atoms with van der Waals surface area (Å²) in [5, 5.41) is 31.2. The highest BCUT2D eigenvalue weighted by atomic mass is 32.1. The molecule has 0 unspecified atom stereocenters. The van der Waals surface area contributed by atoms with Crippen LogP contribution in [0.2, 0.25) is 0 Å². The van der Waals surface area contributed by atoms with E-state index in [1.165, 1.54) is 50.6 Å².